The summed E-state index contributed by atoms with van der Waals surface area (Å²) in [4.78, 5) is 0. The zero-order valence-corrected chi connectivity index (χ0v) is 10.4. The summed E-state index contributed by atoms with van der Waals surface area (Å²) < 4.78 is 26.3. The average molecular weight is 262 g/mol. The predicted octanol–water partition coefficient (Wildman–Crippen LogP) is 3.48. The maximum Gasteiger partial charge on any atom is 0.146 e. The van der Waals surface area contributed by atoms with Crippen molar-refractivity contribution in [3.63, 3.8) is 0 Å². The van der Waals surface area contributed by atoms with Gasteiger partial charge in [-0.1, -0.05) is 18.2 Å². The normalized spacial score (nSPS) is 12.3. The molecule has 0 fully saturated rings. The van der Waals surface area contributed by atoms with Crippen molar-refractivity contribution < 1.29 is 8.78 Å². The Kier molecular flexibility index (Phi) is 4.00. The van der Waals surface area contributed by atoms with Gasteiger partial charge >= 0.3 is 0 Å². The maximum atomic E-state index is 13.5. The molecule has 0 saturated carbocycles. The van der Waals surface area contributed by atoms with Gasteiger partial charge < -0.3 is 11.5 Å². The lowest BCUT2D eigenvalue weighted by Crippen LogP contribution is -2.04. The highest BCUT2D eigenvalue weighted by molar-refractivity contribution is 5.46. The number of nitrogen functional groups attached to an aromatic ring is 2. The molecule has 100 valence electrons. The second-order valence-electron chi connectivity index (χ2n) is 4.48. The molecule has 0 radical (unpaired) electrons. The average Bonchev–Trinajstić information content (AvgIpc) is 2.41. The highest BCUT2D eigenvalue weighted by Gasteiger charge is 2.15. The largest absolute Gasteiger partial charge is 0.399 e. The van der Waals surface area contributed by atoms with Crippen LogP contribution in [0, 0.1) is 5.82 Å². The molecule has 4 heteroatoms. The van der Waals surface area contributed by atoms with Crippen LogP contribution in [0.5, 0.6) is 0 Å². The summed E-state index contributed by atoms with van der Waals surface area (Å²) in [6, 6.07) is 11.8. The van der Waals surface area contributed by atoms with Crippen molar-refractivity contribution >= 4 is 11.4 Å². The summed E-state index contributed by atoms with van der Waals surface area (Å²) in [5, 5.41) is 0. The number of hydrogen-bond donors (Lipinski definition) is 2. The van der Waals surface area contributed by atoms with Crippen molar-refractivity contribution in [3.8, 4) is 0 Å². The smallest absolute Gasteiger partial charge is 0.146 e. The Labute approximate surface area is 111 Å². The van der Waals surface area contributed by atoms with E-state index in [9.17, 15) is 8.78 Å². The van der Waals surface area contributed by atoms with Crippen LogP contribution in [0.4, 0.5) is 20.2 Å². The number of anilines is 2. The van der Waals surface area contributed by atoms with Gasteiger partial charge in [-0.15, -0.1) is 0 Å². The van der Waals surface area contributed by atoms with Gasteiger partial charge in [0.2, 0.25) is 0 Å². The van der Waals surface area contributed by atoms with Crippen LogP contribution in [-0.4, -0.2) is 6.67 Å². The summed E-state index contributed by atoms with van der Waals surface area (Å²) in [7, 11) is 0. The lowest BCUT2D eigenvalue weighted by Gasteiger charge is -2.17. The van der Waals surface area contributed by atoms with Gasteiger partial charge in [-0.3, -0.25) is 4.39 Å². The van der Waals surface area contributed by atoms with Crippen molar-refractivity contribution in [2.24, 2.45) is 0 Å². The first-order chi connectivity index (χ1) is 9.11. The lowest BCUT2D eigenvalue weighted by molar-refractivity contribution is 0.455. The molecule has 0 aliphatic heterocycles. The van der Waals surface area contributed by atoms with E-state index in [1.165, 1.54) is 12.1 Å². The second kappa shape index (κ2) is 5.69. The molecule has 0 spiro atoms. The van der Waals surface area contributed by atoms with Gasteiger partial charge in [-0.2, -0.15) is 0 Å². The fourth-order valence-electron chi connectivity index (χ4n) is 2.12. The summed E-state index contributed by atoms with van der Waals surface area (Å²) in [6.45, 7) is -0.471. The van der Waals surface area contributed by atoms with E-state index >= 15 is 0 Å². The minimum absolute atomic E-state index is 0.0973. The third-order valence-electron chi connectivity index (χ3n) is 3.16. The van der Waals surface area contributed by atoms with Gasteiger partial charge in [0.15, 0.2) is 0 Å². The molecule has 2 aromatic rings. The second-order valence-corrected chi connectivity index (χ2v) is 4.48. The Morgan fingerprint density at radius 3 is 2.16 bits per heavy atom. The number of rotatable bonds is 4. The Bertz CT molecular complexity index is 553. The molecule has 4 N–H and O–H groups in total. The van der Waals surface area contributed by atoms with Crippen LogP contribution < -0.4 is 11.5 Å². The Morgan fingerprint density at radius 2 is 1.58 bits per heavy atom. The maximum absolute atomic E-state index is 13.5. The van der Waals surface area contributed by atoms with Crippen LogP contribution in [0.15, 0.2) is 42.5 Å². The third-order valence-corrected chi connectivity index (χ3v) is 3.16. The molecular weight excluding hydrogens is 246 g/mol. The van der Waals surface area contributed by atoms with E-state index in [0.29, 0.717) is 17.7 Å². The number of halogens is 2. The first-order valence-electron chi connectivity index (χ1n) is 6.08. The van der Waals surface area contributed by atoms with Crippen LogP contribution in [-0.2, 0) is 0 Å². The lowest BCUT2D eigenvalue weighted by atomic mass is 9.88. The third kappa shape index (κ3) is 3.02. The van der Waals surface area contributed by atoms with E-state index in [0.717, 1.165) is 5.56 Å². The van der Waals surface area contributed by atoms with Gasteiger partial charge in [0.05, 0.1) is 12.4 Å². The molecule has 0 aliphatic carbocycles. The first kappa shape index (κ1) is 13.3. The quantitative estimate of drug-likeness (QED) is 0.829. The van der Waals surface area contributed by atoms with Gasteiger partial charge in [-0.05, 0) is 41.8 Å². The van der Waals surface area contributed by atoms with Crippen LogP contribution in [0.2, 0.25) is 0 Å². The minimum Gasteiger partial charge on any atom is -0.399 e. The molecule has 0 aromatic heterocycles. The van der Waals surface area contributed by atoms with Crippen molar-refractivity contribution in [1.29, 1.82) is 0 Å². The molecule has 0 saturated heterocycles. The summed E-state index contributed by atoms with van der Waals surface area (Å²) >= 11 is 0. The molecule has 1 atom stereocenters. The van der Waals surface area contributed by atoms with Crippen molar-refractivity contribution in [3.05, 3.63) is 59.4 Å². The Morgan fingerprint density at radius 1 is 0.947 bits per heavy atom. The van der Waals surface area contributed by atoms with Gasteiger partial charge in [0, 0.05) is 11.6 Å². The molecule has 19 heavy (non-hydrogen) atoms. The molecule has 2 rings (SSSR count). The highest BCUT2D eigenvalue weighted by atomic mass is 19.1. The fourth-order valence-corrected chi connectivity index (χ4v) is 2.12. The van der Waals surface area contributed by atoms with Gasteiger partial charge in [0.25, 0.3) is 0 Å². The molecular formula is C15H16F2N2. The van der Waals surface area contributed by atoms with Crippen LogP contribution in [0.1, 0.15) is 23.5 Å². The Hall–Kier alpha value is -2.10. The standard InChI is InChI=1S/C15H16F2N2/c16-8-7-13(10-1-4-12(18)5-2-10)11-3-6-15(19)14(17)9-11/h1-6,9,13H,7-8,18-19H2. The molecule has 0 aliphatic rings. The minimum atomic E-state index is -0.475. The van der Waals surface area contributed by atoms with E-state index < -0.39 is 12.5 Å². The zero-order valence-electron chi connectivity index (χ0n) is 10.4. The van der Waals surface area contributed by atoms with E-state index in [4.69, 9.17) is 11.5 Å². The first-order valence-corrected chi connectivity index (χ1v) is 6.08. The number of hydrogen-bond acceptors (Lipinski definition) is 2. The van der Waals surface area contributed by atoms with E-state index in [1.807, 2.05) is 12.1 Å². The topological polar surface area (TPSA) is 52.0 Å². The summed E-state index contributed by atoms with van der Waals surface area (Å²) in [5.74, 6) is -0.669. The number of nitrogens with two attached hydrogens (primary N) is 2. The number of alkyl halides is 1. The summed E-state index contributed by atoms with van der Waals surface area (Å²) in [6.07, 6.45) is 0.299. The molecule has 2 aromatic carbocycles. The molecule has 1 unspecified atom stereocenters. The molecule has 0 heterocycles. The van der Waals surface area contributed by atoms with E-state index in [1.54, 1.807) is 18.2 Å². The van der Waals surface area contributed by atoms with E-state index in [2.05, 4.69) is 0 Å². The monoisotopic (exact) mass is 262 g/mol. The molecule has 2 nitrogen and oxygen atoms in total. The zero-order chi connectivity index (χ0) is 13.8. The van der Waals surface area contributed by atoms with E-state index in [-0.39, 0.29) is 11.6 Å². The van der Waals surface area contributed by atoms with Gasteiger partial charge in [0.1, 0.15) is 5.82 Å². The van der Waals surface area contributed by atoms with Crippen molar-refractivity contribution in [1.82, 2.24) is 0 Å². The molecule has 0 bridgehead atoms. The fraction of sp³-hybridized carbons (Fsp3) is 0.200. The predicted molar refractivity (Wildman–Crippen MR) is 74.1 cm³/mol. The van der Waals surface area contributed by atoms with Crippen LogP contribution in [0.25, 0.3) is 0 Å². The number of benzene rings is 2. The summed E-state index contributed by atoms with van der Waals surface area (Å²) in [5.41, 5.74) is 13.5. The van der Waals surface area contributed by atoms with Crippen LogP contribution in [0.3, 0.4) is 0 Å². The Balaban J connectivity index is 2.38. The molecule has 0 amide bonds. The van der Waals surface area contributed by atoms with Crippen molar-refractivity contribution in [2.45, 2.75) is 12.3 Å². The highest BCUT2D eigenvalue weighted by Crippen LogP contribution is 2.30. The van der Waals surface area contributed by atoms with Gasteiger partial charge in [-0.25, -0.2) is 4.39 Å². The SMILES string of the molecule is Nc1ccc(C(CCF)c2ccc(N)c(F)c2)cc1. The van der Waals surface area contributed by atoms with Crippen molar-refractivity contribution in [2.75, 3.05) is 18.1 Å². The van der Waals surface area contributed by atoms with Crippen LogP contribution >= 0.6 is 0 Å².